The number of carbonyl (C=O) groups is 1. The van der Waals surface area contributed by atoms with E-state index >= 15 is 0 Å². The molecule has 0 unspecified atom stereocenters. The molecule has 0 atom stereocenters. The Morgan fingerprint density at radius 1 is 1.07 bits per heavy atom. The number of aromatic nitrogens is 3. The van der Waals surface area contributed by atoms with Crippen molar-refractivity contribution in [1.29, 1.82) is 0 Å². The van der Waals surface area contributed by atoms with Crippen molar-refractivity contribution in [3.05, 3.63) is 89.3 Å². The van der Waals surface area contributed by atoms with Crippen LogP contribution >= 0.6 is 11.6 Å². The molecule has 0 bridgehead atoms. The number of benzene rings is 2. The molecule has 146 valence electrons. The molecular weight excluding hydrogens is 386 g/mol. The molecule has 0 saturated carbocycles. The van der Waals surface area contributed by atoms with Crippen LogP contribution in [0.5, 0.6) is 0 Å². The first-order chi connectivity index (χ1) is 14.2. The van der Waals surface area contributed by atoms with Gasteiger partial charge in [0.25, 0.3) is 5.91 Å². The Balaban J connectivity index is 1.30. The summed E-state index contributed by atoms with van der Waals surface area (Å²) in [5.74, 6) is -0.141. The van der Waals surface area contributed by atoms with Crippen molar-refractivity contribution in [3.63, 3.8) is 0 Å². The Bertz CT molecular complexity index is 1130. The van der Waals surface area contributed by atoms with E-state index in [1.54, 1.807) is 23.3 Å². The highest BCUT2D eigenvalue weighted by Gasteiger charge is 2.08. The molecule has 2 aromatic carbocycles. The van der Waals surface area contributed by atoms with E-state index in [0.29, 0.717) is 30.2 Å². The van der Waals surface area contributed by atoms with Crippen LogP contribution in [0.3, 0.4) is 0 Å². The molecule has 4 aromatic rings. The van der Waals surface area contributed by atoms with Gasteiger partial charge in [-0.3, -0.25) is 14.5 Å². The van der Waals surface area contributed by atoms with Crippen LogP contribution in [-0.4, -0.2) is 33.8 Å². The number of halogens is 1. The molecule has 2 aromatic heterocycles. The van der Waals surface area contributed by atoms with Gasteiger partial charge in [0.1, 0.15) is 0 Å². The van der Waals surface area contributed by atoms with Gasteiger partial charge in [-0.05, 0) is 29.8 Å². The number of rotatable bonds is 7. The zero-order valence-electron chi connectivity index (χ0n) is 15.7. The van der Waals surface area contributed by atoms with Gasteiger partial charge < -0.3 is 10.6 Å². The summed E-state index contributed by atoms with van der Waals surface area (Å²) in [6.45, 7) is 1.71. The summed E-state index contributed by atoms with van der Waals surface area (Å²) >= 11 is 6.02. The lowest BCUT2D eigenvalue weighted by Crippen LogP contribution is -2.28. The molecule has 4 rings (SSSR count). The standard InChI is InChI=1S/C22H20ClN5O/c23-18-6-7-19-20(8-9-24-21(19)12-18)25-10-11-26-22(29)17-13-27-28(15-17)14-16-4-2-1-3-5-16/h1-9,12-13,15H,10-11,14H2,(H,24,25)(H,26,29). The predicted octanol–water partition coefficient (Wildman–Crippen LogP) is 3.97. The first-order valence-electron chi connectivity index (χ1n) is 9.32. The van der Waals surface area contributed by atoms with Crippen molar-refractivity contribution in [2.45, 2.75) is 6.54 Å². The van der Waals surface area contributed by atoms with Crippen LogP contribution < -0.4 is 10.6 Å². The molecule has 29 heavy (non-hydrogen) atoms. The molecule has 0 aliphatic heterocycles. The first-order valence-corrected chi connectivity index (χ1v) is 9.69. The van der Waals surface area contributed by atoms with E-state index in [1.807, 2.05) is 54.6 Å². The van der Waals surface area contributed by atoms with Crippen molar-refractivity contribution in [3.8, 4) is 0 Å². The second kappa shape index (κ2) is 8.75. The van der Waals surface area contributed by atoms with Gasteiger partial charge in [0, 0.05) is 41.6 Å². The normalized spacial score (nSPS) is 10.8. The second-order valence-corrected chi connectivity index (χ2v) is 7.05. The molecule has 0 spiro atoms. The summed E-state index contributed by atoms with van der Waals surface area (Å²) in [6.07, 6.45) is 5.09. The average molecular weight is 406 g/mol. The Morgan fingerprint density at radius 2 is 1.93 bits per heavy atom. The fourth-order valence-electron chi connectivity index (χ4n) is 3.09. The van der Waals surface area contributed by atoms with Gasteiger partial charge in [0.15, 0.2) is 0 Å². The number of carbonyl (C=O) groups excluding carboxylic acids is 1. The number of nitrogens with zero attached hydrogens (tertiary/aromatic N) is 3. The highest BCUT2D eigenvalue weighted by atomic mass is 35.5. The zero-order valence-corrected chi connectivity index (χ0v) is 16.4. The van der Waals surface area contributed by atoms with Gasteiger partial charge in [-0.25, -0.2) is 0 Å². The molecular formula is C22H20ClN5O. The van der Waals surface area contributed by atoms with Crippen LogP contribution in [-0.2, 0) is 6.54 Å². The number of fused-ring (bicyclic) bond motifs is 1. The Hall–Kier alpha value is -3.38. The number of hydrogen-bond acceptors (Lipinski definition) is 4. The van der Waals surface area contributed by atoms with Gasteiger partial charge in [-0.15, -0.1) is 0 Å². The van der Waals surface area contributed by atoms with Crippen LogP contribution in [0.4, 0.5) is 5.69 Å². The smallest absolute Gasteiger partial charge is 0.254 e. The van der Waals surface area contributed by atoms with Crippen molar-refractivity contribution >= 4 is 34.1 Å². The minimum Gasteiger partial charge on any atom is -0.383 e. The fourth-order valence-corrected chi connectivity index (χ4v) is 3.25. The van der Waals surface area contributed by atoms with E-state index in [4.69, 9.17) is 11.6 Å². The third-order valence-corrected chi connectivity index (χ3v) is 4.75. The number of pyridine rings is 1. The summed E-state index contributed by atoms with van der Waals surface area (Å²) in [6, 6.07) is 17.5. The SMILES string of the molecule is O=C(NCCNc1ccnc2cc(Cl)ccc12)c1cnn(Cc2ccccc2)c1. The first kappa shape index (κ1) is 19.0. The molecule has 0 aliphatic carbocycles. The van der Waals surface area contributed by atoms with Gasteiger partial charge in [-0.2, -0.15) is 5.10 Å². The molecule has 1 amide bonds. The van der Waals surface area contributed by atoms with Crippen molar-refractivity contribution in [1.82, 2.24) is 20.1 Å². The number of amides is 1. The number of anilines is 1. The summed E-state index contributed by atoms with van der Waals surface area (Å²) in [7, 11) is 0. The highest BCUT2D eigenvalue weighted by molar-refractivity contribution is 6.31. The monoisotopic (exact) mass is 405 g/mol. The Morgan fingerprint density at radius 3 is 2.79 bits per heavy atom. The zero-order chi connectivity index (χ0) is 20.1. The molecule has 0 aliphatic rings. The maximum Gasteiger partial charge on any atom is 0.254 e. The lowest BCUT2D eigenvalue weighted by Gasteiger charge is -2.10. The molecule has 7 heteroatoms. The molecule has 2 N–H and O–H groups in total. The van der Waals surface area contributed by atoms with Crippen LogP contribution in [0, 0.1) is 0 Å². The molecule has 2 heterocycles. The van der Waals surface area contributed by atoms with E-state index in [0.717, 1.165) is 22.2 Å². The van der Waals surface area contributed by atoms with E-state index in [2.05, 4.69) is 20.7 Å². The lowest BCUT2D eigenvalue weighted by atomic mass is 10.2. The maximum absolute atomic E-state index is 12.4. The molecule has 6 nitrogen and oxygen atoms in total. The summed E-state index contributed by atoms with van der Waals surface area (Å²) in [5, 5.41) is 12.2. The Kier molecular flexibility index (Phi) is 5.72. The predicted molar refractivity (Wildman–Crippen MR) is 115 cm³/mol. The Labute approximate surface area is 173 Å². The lowest BCUT2D eigenvalue weighted by molar-refractivity contribution is 0.0955. The van der Waals surface area contributed by atoms with E-state index in [9.17, 15) is 4.79 Å². The largest absolute Gasteiger partial charge is 0.383 e. The van der Waals surface area contributed by atoms with E-state index in [1.165, 1.54) is 0 Å². The van der Waals surface area contributed by atoms with Crippen molar-refractivity contribution in [2.24, 2.45) is 0 Å². The van der Waals surface area contributed by atoms with Gasteiger partial charge in [0.05, 0.1) is 23.8 Å². The van der Waals surface area contributed by atoms with Crippen molar-refractivity contribution in [2.75, 3.05) is 18.4 Å². The van der Waals surface area contributed by atoms with Crippen LogP contribution in [0.25, 0.3) is 10.9 Å². The van der Waals surface area contributed by atoms with Gasteiger partial charge in [0.2, 0.25) is 0 Å². The van der Waals surface area contributed by atoms with Crippen LogP contribution in [0.1, 0.15) is 15.9 Å². The summed E-state index contributed by atoms with van der Waals surface area (Å²) in [5.41, 5.74) is 3.47. The molecule has 0 radical (unpaired) electrons. The van der Waals surface area contributed by atoms with E-state index < -0.39 is 0 Å². The van der Waals surface area contributed by atoms with Gasteiger partial charge in [-0.1, -0.05) is 41.9 Å². The van der Waals surface area contributed by atoms with Crippen LogP contribution in [0.2, 0.25) is 5.02 Å². The minimum absolute atomic E-state index is 0.141. The summed E-state index contributed by atoms with van der Waals surface area (Å²) < 4.78 is 1.76. The fraction of sp³-hybridized carbons (Fsp3) is 0.136. The van der Waals surface area contributed by atoms with Gasteiger partial charge >= 0.3 is 0 Å². The van der Waals surface area contributed by atoms with Crippen molar-refractivity contribution < 1.29 is 4.79 Å². The van der Waals surface area contributed by atoms with Crippen LogP contribution in [0.15, 0.2) is 73.2 Å². The molecule has 0 fully saturated rings. The second-order valence-electron chi connectivity index (χ2n) is 6.61. The number of hydrogen-bond donors (Lipinski definition) is 2. The quantitative estimate of drug-likeness (QED) is 0.456. The number of nitrogens with one attached hydrogen (secondary N) is 2. The molecule has 0 saturated heterocycles. The average Bonchev–Trinajstić information content (AvgIpc) is 3.20. The third-order valence-electron chi connectivity index (χ3n) is 4.51. The topological polar surface area (TPSA) is 71.8 Å². The third kappa shape index (κ3) is 4.73. The highest BCUT2D eigenvalue weighted by Crippen LogP contribution is 2.24. The maximum atomic E-state index is 12.4. The summed E-state index contributed by atoms with van der Waals surface area (Å²) in [4.78, 5) is 16.7. The minimum atomic E-state index is -0.141. The van der Waals surface area contributed by atoms with E-state index in [-0.39, 0.29) is 5.91 Å².